The van der Waals surface area contributed by atoms with E-state index in [1.54, 1.807) is 60.8 Å². The maximum Gasteiger partial charge on any atom is 0.340 e. The average molecular weight is 396 g/mol. The van der Waals surface area contributed by atoms with E-state index >= 15 is 0 Å². The van der Waals surface area contributed by atoms with E-state index in [4.69, 9.17) is 4.74 Å². The van der Waals surface area contributed by atoms with E-state index in [9.17, 15) is 9.59 Å². The summed E-state index contributed by atoms with van der Waals surface area (Å²) in [4.78, 5) is 29.3. The Balaban J connectivity index is 1.92. The first kappa shape index (κ1) is 17.0. The number of halogens is 1. The van der Waals surface area contributed by atoms with E-state index in [1.165, 1.54) is 6.20 Å². The molecule has 0 aliphatic carbocycles. The highest BCUT2D eigenvalue weighted by Crippen LogP contribution is 2.24. The van der Waals surface area contributed by atoms with Gasteiger partial charge in [-0.3, -0.25) is 9.78 Å². The molecule has 124 valence electrons. The van der Waals surface area contributed by atoms with E-state index < -0.39 is 12.1 Å². The Labute approximate surface area is 153 Å². The van der Waals surface area contributed by atoms with E-state index in [2.05, 4.69) is 20.9 Å². The summed E-state index contributed by atoms with van der Waals surface area (Å²) >= 11 is 3.27. The summed E-state index contributed by atoms with van der Waals surface area (Å²) in [6.45, 7) is 0. The van der Waals surface area contributed by atoms with Crippen LogP contribution >= 0.6 is 15.9 Å². The maximum atomic E-state index is 12.9. The van der Waals surface area contributed by atoms with Crippen LogP contribution in [0.1, 0.15) is 32.4 Å². The molecular weight excluding hydrogens is 382 g/mol. The smallest absolute Gasteiger partial charge is 0.340 e. The number of carbonyl (C=O) groups is 2. The van der Waals surface area contributed by atoms with Crippen molar-refractivity contribution in [3.05, 3.63) is 100 Å². The summed E-state index contributed by atoms with van der Waals surface area (Å²) in [5, 5.41) is 0. The topological polar surface area (TPSA) is 56.3 Å². The van der Waals surface area contributed by atoms with Crippen LogP contribution in [-0.2, 0) is 4.74 Å². The zero-order chi connectivity index (χ0) is 17.6. The Bertz CT molecular complexity index is 882. The van der Waals surface area contributed by atoms with E-state index in [0.29, 0.717) is 15.6 Å². The molecule has 0 radical (unpaired) electrons. The van der Waals surface area contributed by atoms with Crippen molar-refractivity contribution in [3.8, 4) is 0 Å². The highest BCUT2D eigenvalue weighted by atomic mass is 79.9. The standard InChI is InChI=1S/C20H14BrNO3/c21-17-11-16(12-22-13-17)20(24)25-19(15-9-5-2-6-10-15)18(23)14-7-3-1-4-8-14/h1-13,19H/t19-/m1/s1. The number of hydrogen-bond acceptors (Lipinski definition) is 4. The molecule has 0 fully saturated rings. The van der Waals surface area contributed by atoms with Crippen LogP contribution in [0.15, 0.2) is 83.6 Å². The number of pyridine rings is 1. The minimum atomic E-state index is -1.02. The molecule has 0 amide bonds. The van der Waals surface area contributed by atoms with Crippen LogP contribution in [0.3, 0.4) is 0 Å². The molecule has 5 heteroatoms. The Hall–Kier alpha value is -2.79. The number of nitrogens with zero attached hydrogens (tertiary/aromatic N) is 1. The molecule has 0 spiro atoms. The van der Waals surface area contributed by atoms with Crippen molar-refractivity contribution < 1.29 is 14.3 Å². The first-order valence-electron chi connectivity index (χ1n) is 7.61. The molecular formula is C20H14BrNO3. The third kappa shape index (κ3) is 4.19. The van der Waals surface area contributed by atoms with Crippen LogP contribution in [0.25, 0.3) is 0 Å². The van der Waals surface area contributed by atoms with Gasteiger partial charge in [0.25, 0.3) is 0 Å². The second-order valence-electron chi connectivity index (χ2n) is 5.32. The normalized spacial score (nSPS) is 11.6. The summed E-state index contributed by atoms with van der Waals surface area (Å²) in [5.41, 5.74) is 1.38. The lowest BCUT2D eigenvalue weighted by Gasteiger charge is -2.17. The van der Waals surface area contributed by atoms with Crippen LogP contribution in [0.4, 0.5) is 0 Å². The minimum absolute atomic E-state index is 0.274. The Morgan fingerprint density at radius 3 is 2.16 bits per heavy atom. The summed E-state index contributed by atoms with van der Waals surface area (Å²) in [6.07, 6.45) is 1.96. The minimum Gasteiger partial charge on any atom is -0.445 e. The highest BCUT2D eigenvalue weighted by molar-refractivity contribution is 9.10. The fourth-order valence-electron chi connectivity index (χ4n) is 2.35. The molecule has 25 heavy (non-hydrogen) atoms. The van der Waals surface area contributed by atoms with Gasteiger partial charge in [-0.25, -0.2) is 4.79 Å². The fourth-order valence-corrected chi connectivity index (χ4v) is 2.72. The van der Waals surface area contributed by atoms with Crippen molar-refractivity contribution in [1.29, 1.82) is 0 Å². The summed E-state index contributed by atoms with van der Waals surface area (Å²) in [6, 6.07) is 19.3. The largest absolute Gasteiger partial charge is 0.445 e. The van der Waals surface area contributed by atoms with Gasteiger partial charge in [0, 0.05) is 28.0 Å². The number of ether oxygens (including phenoxy) is 1. The van der Waals surface area contributed by atoms with Gasteiger partial charge in [0.15, 0.2) is 6.10 Å². The van der Waals surface area contributed by atoms with Crippen molar-refractivity contribution in [3.63, 3.8) is 0 Å². The third-order valence-corrected chi connectivity index (χ3v) is 4.00. The lowest BCUT2D eigenvalue weighted by Crippen LogP contribution is -2.20. The number of carbonyl (C=O) groups excluding carboxylic acids is 2. The maximum absolute atomic E-state index is 12.9. The van der Waals surface area contributed by atoms with Gasteiger partial charge in [0.1, 0.15) is 0 Å². The lowest BCUT2D eigenvalue weighted by molar-refractivity contribution is 0.0279. The fraction of sp³-hybridized carbons (Fsp3) is 0.0500. The average Bonchev–Trinajstić information content (AvgIpc) is 2.67. The number of hydrogen-bond donors (Lipinski definition) is 0. The molecule has 3 aromatic rings. The van der Waals surface area contributed by atoms with Gasteiger partial charge in [-0.05, 0) is 22.0 Å². The quantitative estimate of drug-likeness (QED) is 0.466. The number of Topliss-reactive ketones (excluding diaryl/α,β-unsaturated/α-hetero) is 1. The van der Waals surface area contributed by atoms with Gasteiger partial charge in [0.2, 0.25) is 5.78 Å². The number of rotatable bonds is 5. The summed E-state index contributed by atoms with van der Waals surface area (Å²) in [7, 11) is 0. The molecule has 2 aromatic carbocycles. The van der Waals surface area contributed by atoms with Crippen LogP contribution in [0.5, 0.6) is 0 Å². The molecule has 0 aliphatic heterocycles. The van der Waals surface area contributed by atoms with E-state index in [1.807, 2.05) is 12.1 Å². The third-order valence-electron chi connectivity index (χ3n) is 3.56. The molecule has 3 rings (SSSR count). The molecule has 1 atom stereocenters. The first-order valence-corrected chi connectivity index (χ1v) is 8.40. The van der Waals surface area contributed by atoms with Crippen molar-refractivity contribution >= 4 is 27.7 Å². The number of benzene rings is 2. The van der Waals surface area contributed by atoms with Crippen molar-refractivity contribution in [2.45, 2.75) is 6.10 Å². The molecule has 1 heterocycles. The van der Waals surface area contributed by atoms with E-state index in [-0.39, 0.29) is 11.3 Å². The van der Waals surface area contributed by atoms with Gasteiger partial charge < -0.3 is 4.74 Å². The van der Waals surface area contributed by atoms with Crippen molar-refractivity contribution in [2.75, 3.05) is 0 Å². The molecule has 0 saturated carbocycles. The predicted molar refractivity (Wildman–Crippen MR) is 97.3 cm³/mol. The second-order valence-corrected chi connectivity index (χ2v) is 6.23. The highest BCUT2D eigenvalue weighted by Gasteiger charge is 2.26. The number of esters is 1. The summed E-state index contributed by atoms with van der Waals surface area (Å²) in [5.74, 6) is -0.880. The van der Waals surface area contributed by atoms with Gasteiger partial charge in [0.05, 0.1) is 5.56 Å². The first-order chi connectivity index (χ1) is 12.1. The molecule has 0 unspecified atom stereocenters. The van der Waals surface area contributed by atoms with Crippen LogP contribution in [0, 0.1) is 0 Å². The monoisotopic (exact) mass is 395 g/mol. The van der Waals surface area contributed by atoms with Gasteiger partial charge in [-0.15, -0.1) is 0 Å². The van der Waals surface area contributed by atoms with E-state index in [0.717, 1.165) is 0 Å². The molecule has 0 saturated heterocycles. The van der Waals surface area contributed by atoms with Crippen molar-refractivity contribution in [1.82, 2.24) is 4.98 Å². The molecule has 0 N–H and O–H groups in total. The van der Waals surface area contributed by atoms with Gasteiger partial charge in [-0.2, -0.15) is 0 Å². The molecule has 0 bridgehead atoms. The Morgan fingerprint density at radius 1 is 0.880 bits per heavy atom. The van der Waals surface area contributed by atoms with Gasteiger partial charge in [-0.1, -0.05) is 60.7 Å². The molecule has 0 aliphatic rings. The zero-order valence-electron chi connectivity index (χ0n) is 13.1. The Kier molecular flexibility index (Phi) is 5.36. The lowest BCUT2D eigenvalue weighted by atomic mass is 10.00. The number of ketones is 1. The molecule has 4 nitrogen and oxygen atoms in total. The predicted octanol–water partition coefficient (Wildman–Crippen LogP) is 4.63. The second kappa shape index (κ2) is 7.85. The van der Waals surface area contributed by atoms with Crippen LogP contribution in [0.2, 0.25) is 0 Å². The zero-order valence-corrected chi connectivity index (χ0v) is 14.7. The SMILES string of the molecule is O=C(O[C@@H](C(=O)c1ccccc1)c1ccccc1)c1cncc(Br)c1. The van der Waals surface area contributed by atoms with Crippen LogP contribution in [-0.4, -0.2) is 16.7 Å². The van der Waals surface area contributed by atoms with Crippen molar-refractivity contribution in [2.24, 2.45) is 0 Å². The number of aromatic nitrogens is 1. The van der Waals surface area contributed by atoms with Gasteiger partial charge >= 0.3 is 5.97 Å². The van der Waals surface area contributed by atoms with Crippen LogP contribution < -0.4 is 0 Å². The Morgan fingerprint density at radius 2 is 1.52 bits per heavy atom. The molecule has 1 aromatic heterocycles. The summed E-state index contributed by atoms with van der Waals surface area (Å²) < 4.78 is 6.20.